The van der Waals surface area contributed by atoms with E-state index in [-0.39, 0.29) is 18.0 Å². The van der Waals surface area contributed by atoms with Crippen LogP contribution in [0.3, 0.4) is 0 Å². The number of fused-ring (bicyclic) bond motifs is 1. The van der Waals surface area contributed by atoms with Gasteiger partial charge in [-0.05, 0) is 54.7 Å². The summed E-state index contributed by atoms with van der Waals surface area (Å²) in [5.74, 6) is 1.16. The standard InChI is InChI=1S/C32H31N3O4S/c1-3-38-27-15-10-22(18-28(27)39-4-2)16-17-33-29(36)19-35-21-34-31-30(32(35)37)26(20-40-31)25-13-11-24(12-14-25)23-8-6-5-7-9-23/h5-15,18,20-21H,3-4,16-17,19H2,1-2H3,(H,33,36). The zero-order valence-electron chi connectivity index (χ0n) is 22.6. The maximum atomic E-state index is 13.4. The van der Waals surface area contributed by atoms with Crippen molar-refractivity contribution in [2.45, 2.75) is 26.8 Å². The van der Waals surface area contributed by atoms with Crippen LogP contribution in [-0.2, 0) is 17.8 Å². The number of benzene rings is 3. The van der Waals surface area contributed by atoms with Gasteiger partial charge < -0.3 is 14.8 Å². The average Bonchev–Trinajstić information content (AvgIpc) is 3.42. The highest BCUT2D eigenvalue weighted by molar-refractivity contribution is 7.17. The van der Waals surface area contributed by atoms with Gasteiger partial charge in [0.25, 0.3) is 5.56 Å². The molecule has 2 aromatic heterocycles. The number of nitrogens with zero attached hydrogens (tertiary/aromatic N) is 2. The van der Waals surface area contributed by atoms with Crippen molar-refractivity contribution in [3.63, 3.8) is 0 Å². The van der Waals surface area contributed by atoms with Crippen LogP contribution in [0.2, 0.25) is 0 Å². The zero-order chi connectivity index (χ0) is 27.9. The predicted molar refractivity (Wildman–Crippen MR) is 160 cm³/mol. The van der Waals surface area contributed by atoms with Gasteiger partial charge in [-0.15, -0.1) is 11.3 Å². The summed E-state index contributed by atoms with van der Waals surface area (Å²) < 4.78 is 12.7. The van der Waals surface area contributed by atoms with E-state index in [0.29, 0.717) is 47.9 Å². The summed E-state index contributed by atoms with van der Waals surface area (Å²) in [6, 6.07) is 24.1. The molecule has 0 radical (unpaired) electrons. The molecule has 0 aliphatic rings. The molecule has 0 aliphatic heterocycles. The molecule has 2 heterocycles. The zero-order valence-corrected chi connectivity index (χ0v) is 23.4. The summed E-state index contributed by atoms with van der Waals surface area (Å²) in [4.78, 5) is 31.3. The Morgan fingerprint density at radius 1 is 0.900 bits per heavy atom. The van der Waals surface area contributed by atoms with Crippen LogP contribution >= 0.6 is 11.3 Å². The molecule has 0 unspecified atom stereocenters. The number of aromatic nitrogens is 2. The summed E-state index contributed by atoms with van der Waals surface area (Å²) in [6.07, 6.45) is 2.07. The maximum absolute atomic E-state index is 13.4. The lowest BCUT2D eigenvalue weighted by molar-refractivity contribution is -0.121. The van der Waals surface area contributed by atoms with E-state index < -0.39 is 0 Å². The van der Waals surface area contributed by atoms with Gasteiger partial charge in [0.15, 0.2) is 11.5 Å². The van der Waals surface area contributed by atoms with Crippen molar-refractivity contribution in [3.8, 4) is 33.8 Å². The Morgan fingerprint density at radius 3 is 2.35 bits per heavy atom. The molecule has 8 heteroatoms. The molecule has 3 aromatic carbocycles. The fourth-order valence-electron chi connectivity index (χ4n) is 4.57. The molecule has 5 aromatic rings. The quantitative estimate of drug-likeness (QED) is 0.219. The van der Waals surface area contributed by atoms with Crippen LogP contribution < -0.4 is 20.3 Å². The lowest BCUT2D eigenvalue weighted by atomic mass is 10.0. The van der Waals surface area contributed by atoms with E-state index in [2.05, 4.69) is 34.6 Å². The molecule has 40 heavy (non-hydrogen) atoms. The molecule has 204 valence electrons. The Kier molecular flexibility index (Phi) is 8.56. The Morgan fingerprint density at radius 2 is 1.60 bits per heavy atom. The number of thiophene rings is 1. The van der Waals surface area contributed by atoms with Gasteiger partial charge >= 0.3 is 0 Å². The van der Waals surface area contributed by atoms with Crippen molar-refractivity contribution in [3.05, 3.63) is 100 Å². The molecule has 0 fully saturated rings. The molecule has 0 saturated carbocycles. The lowest BCUT2D eigenvalue weighted by Gasteiger charge is -2.13. The van der Waals surface area contributed by atoms with E-state index in [4.69, 9.17) is 9.47 Å². The summed E-state index contributed by atoms with van der Waals surface area (Å²) in [6.45, 7) is 5.29. The molecule has 5 rings (SSSR count). The molecule has 0 atom stereocenters. The van der Waals surface area contributed by atoms with Crippen LogP contribution in [0.15, 0.2) is 89.3 Å². The fraction of sp³-hybridized carbons (Fsp3) is 0.219. The van der Waals surface area contributed by atoms with Gasteiger partial charge in [-0.25, -0.2) is 4.98 Å². The minimum Gasteiger partial charge on any atom is -0.490 e. The Labute approximate surface area is 237 Å². The van der Waals surface area contributed by atoms with Crippen molar-refractivity contribution in [1.82, 2.24) is 14.9 Å². The van der Waals surface area contributed by atoms with E-state index in [1.54, 1.807) is 0 Å². The molecule has 0 aliphatic carbocycles. The molecular weight excluding hydrogens is 522 g/mol. The molecule has 0 spiro atoms. The van der Waals surface area contributed by atoms with E-state index in [9.17, 15) is 9.59 Å². The van der Waals surface area contributed by atoms with Gasteiger partial charge in [0.2, 0.25) is 5.91 Å². The van der Waals surface area contributed by atoms with Crippen molar-refractivity contribution >= 4 is 27.5 Å². The van der Waals surface area contributed by atoms with Crippen LogP contribution in [0.25, 0.3) is 32.5 Å². The van der Waals surface area contributed by atoms with Crippen molar-refractivity contribution in [1.29, 1.82) is 0 Å². The third-order valence-electron chi connectivity index (χ3n) is 6.52. The molecule has 1 N–H and O–H groups in total. The second-order valence-electron chi connectivity index (χ2n) is 9.20. The first-order chi connectivity index (χ1) is 19.6. The van der Waals surface area contributed by atoms with Crippen LogP contribution in [0.4, 0.5) is 0 Å². The second kappa shape index (κ2) is 12.6. The molecular formula is C32H31N3O4S. The Hall–Kier alpha value is -4.43. The van der Waals surface area contributed by atoms with Crippen LogP contribution in [0, 0.1) is 0 Å². The van der Waals surface area contributed by atoms with Gasteiger partial charge in [0.1, 0.15) is 11.4 Å². The largest absolute Gasteiger partial charge is 0.490 e. The van der Waals surface area contributed by atoms with Crippen LogP contribution in [0.5, 0.6) is 11.5 Å². The SMILES string of the molecule is CCOc1ccc(CCNC(=O)Cn2cnc3scc(-c4ccc(-c5ccccc5)cc4)c3c2=O)cc1OCC. The molecule has 1 amide bonds. The first-order valence-electron chi connectivity index (χ1n) is 13.3. The summed E-state index contributed by atoms with van der Waals surface area (Å²) >= 11 is 1.43. The number of nitrogens with one attached hydrogen (secondary N) is 1. The third-order valence-corrected chi connectivity index (χ3v) is 7.41. The summed E-state index contributed by atoms with van der Waals surface area (Å²) in [5, 5.41) is 5.40. The topological polar surface area (TPSA) is 82.5 Å². The second-order valence-corrected chi connectivity index (χ2v) is 10.1. The number of amides is 1. The summed E-state index contributed by atoms with van der Waals surface area (Å²) in [7, 11) is 0. The lowest BCUT2D eigenvalue weighted by Crippen LogP contribution is -2.33. The number of carbonyl (C=O) groups excluding carboxylic acids is 1. The molecule has 7 nitrogen and oxygen atoms in total. The monoisotopic (exact) mass is 553 g/mol. The maximum Gasteiger partial charge on any atom is 0.263 e. The highest BCUT2D eigenvalue weighted by atomic mass is 32.1. The predicted octanol–water partition coefficient (Wildman–Crippen LogP) is 5.95. The average molecular weight is 554 g/mol. The number of hydrogen-bond acceptors (Lipinski definition) is 6. The first kappa shape index (κ1) is 27.1. The van der Waals surface area contributed by atoms with Crippen molar-refractivity contribution in [2.24, 2.45) is 0 Å². The van der Waals surface area contributed by atoms with Gasteiger partial charge in [0, 0.05) is 17.5 Å². The van der Waals surface area contributed by atoms with E-state index >= 15 is 0 Å². The van der Waals surface area contributed by atoms with Gasteiger partial charge in [-0.1, -0.05) is 60.7 Å². The number of hydrogen-bond donors (Lipinski definition) is 1. The van der Waals surface area contributed by atoms with Crippen molar-refractivity contribution in [2.75, 3.05) is 19.8 Å². The van der Waals surface area contributed by atoms with Gasteiger partial charge in [-0.2, -0.15) is 0 Å². The van der Waals surface area contributed by atoms with E-state index in [1.165, 1.54) is 22.2 Å². The number of ether oxygens (including phenoxy) is 2. The van der Waals surface area contributed by atoms with E-state index in [1.807, 2.05) is 67.8 Å². The minimum absolute atomic E-state index is 0.0997. The van der Waals surface area contributed by atoms with Gasteiger partial charge in [-0.3, -0.25) is 14.2 Å². The normalized spacial score (nSPS) is 10.9. The minimum atomic E-state index is -0.247. The number of rotatable bonds is 11. The third kappa shape index (κ3) is 6.07. The van der Waals surface area contributed by atoms with Crippen LogP contribution in [-0.4, -0.2) is 35.2 Å². The van der Waals surface area contributed by atoms with Crippen molar-refractivity contribution < 1.29 is 14.3 Å². The Balaban J connectivity index is 1.26. The molecule has 0 saturated heterocycles. The highest BCUT2D eigenvalue weighted by Gasteiger charge is 2.15. The van der Waals surface area contributed by atoms with Gasteiger partial charge in [0.05, 0.1) is 24.9 Å². The van der Waals surface area contributed by atoms with Crippen LogP contribution in [0.1, 0.15) is 19.4 Å². The highest BCUT2D eigenvalue weighted by Crippen LogP contribution is 2.32. The van der Waals surface area contributed by atoms with E-state index in [0.717, 1.165) is 27.8 Å². The smallest absolute Gasteiger partial charge is 0.263 e. The molecule has 0 bridgehead atoms. The Bertz CT molecular complexity index is 1660. The first-order valence-corrected chi connectivity index (χ1v) is 14.2. The fourth-order valence-corrected chi connectivity index (χ4v) is 5.48. The summed E-state index contributed by atoms with van der Waals surface area (Å²) in [5.41, 5.74) is 4.80. The number of carbonyl (C=O) groups is 1.